The van der Waals surface area contributed by atoms with Crippen molar-refractivity contribution in [2.45, 2.75) is 45.4 Å². The van der Waals surface area contributed by atoms with Gasteiger partial charge in [0.05, 0.1) is 18.2 Å². The minimum Gasteiger partial charge on any atom is -0.483 e. The van der Waals surface area contributed by atoms with Crippen LogP contribution >= 0.6 is 0 Å². The van der Waals surface area contributed by atoms with E-state index >= 15 is 0 Å². The van der Waals surface area contributed by atoms with Crippen LogP contribution in [0.2, 0.25) is 0 Å². The zero-order chi connectivity index (χ0) is 20.4. The number of halogens is 1. The Kier molecular flexibility index (Phi) is 5.76. The molecule has 1 amide bonds. The third-order valence-electron chi connectivity index (χ3n) is 5.65. The first-order chi connectivity index (χ1) is 13.3. The molecule has 7 heteroatoms. The average Bonchev–Trinajstić information content (AvgIpc) is 3.15. The number of hydrogen-bond acceptors (Lipinski definition) is 5. The monoisotopic (exact) mass is 391 g/mol. The van der Waals surface area contributed by atoms with Crippen LogP contribution in [0.1, 0.15) is 43.5 Å². The first-order valence-electron chi connectivity index (χ1n) is 9.34. The number of aliphatic hydroxyl groups is 1. The lowest BCUT2D eigenvalue weighted by molar-refractivity contribution is -0.172. The van der Waals surface area contributed by atoms with Gasteiger partial charge in [0.15, 0.2) is 17.3 Å². The number of hydrogen-bond donors (Lipinski definition) is 2. The van der Waals surface area contributed by atoms with Crippen LogP contribution in [0.4, 0.5) is 4.39 Å². The van der Waals surface area contributed by atoms with Crippen LogP contribution in [0, 0.1) is 11.2 Å². The maximum absolute atomic E-state index is 13.6. The normalized spacial score (nSPS) is 23.1. The summed E-state index contributed by atoms with van der Waals surface area (Å²) in [5, 5.41) is 12.8. The lowest BCUT2D eigenvalue weighted by atomic mass is 9.54. The van der Waals surface area contributed by atoms with Gasteiger partial charge in [-0.2, -0.15) is 0 Å². The Hall–Kier alpha value is -2.38. The summed E-state index contributed by atoms with van der Waals surface area (Å²) < 4.78 is 30.2. The topological polar surface area (TPSA) is 80.9 Å². The molecule has 1 fully saturated rings. The van der Waals surface area contributed by atoms with E-state index in [1.807, 2.05) is 20.8 Å². The average molecular weight is 391 g/mol. The molecule has 0 radical (unpaired) electrons. The number of nitrogens with one attached hydrogen (secondary N) is 1. The van der Waals surface area contributed by atoms with Crippen molar-refractivity contribution in [3.05, 3.63) is 53.7 Å². The molecule has 1 aromatic heterocycles. The molecule has 152 valence electrons. The minimum atomic E-state index is -0.777. The van der Waals surface area contributed by atoms with Crippen molar-refractivity contribution in [3.63, 3.8) is 0 Å². The van der Waals surface area contributed by atoms with E-state index in [1.165, 1.54) is 18.2 Å². The second-order valence-corrected chi connectivity index (χ2v) is 7.55. The van der Waals surface area contributed by atoms with Crippen molar-refractivity contribution in [3.8, 4) is 5.75 Å². The summed E-state index contributed by atoms with van der Waals surface area (Å²) in [7, 11) is 0. The van der Waals surface area contributed by atoms with E-state index in [4.69, 9.17) is 13.9 Å². The smallest absolute Gasteiger partial charge is 0.287 e. The van der Waals surface area contributed by atoms with E-state index in [2.05, 4.69) is 5.32 Å². The molecule has 1 aromatic carbocycles. The van der Waals surface area contributed by atoms with E-state index in [0.717, 1.165) is 0 Å². The number of amides is 1. The summed E-state index contributed by atoms with van der Waals surface area (Å²) in [4.78, 5) is 12.6. The van der Waals surface area contributed by atoms with Gasteiger partial charge >= 0.3 is 0 Å². The Balaban J connectivity index is 1.63. The highest BCUT2D eigenvalue weighted by molar-refractivity contribution is 5.92. The van der Waals surface area contributed by atoms with Gasteiger partial charge in [0.1, 0.15) is 12.4 Å². The van der Waals surface area contributed by atoms with Crippen molar-refractivity contribution in [1.29, 1.82) is 0 Å². The molecule has 1 heterocycles. The van der Waals surface area contributed by atoms with E-state index in [-0.39, 0.29) is 30.8 Å². The molecule has 2 N–H and O–H groups in total. The molecule has 2 atom stereocenters. The summed E-state index contributed by atoms with van der Waals surface area (Å²) in [6.45, 7) is 6.22. The van der Waals surface area contributed by atoms with E-state index in [9.17, 15) is 14.3 Å². The largest absolute Gasteiger partial charge is 0.483 e. The van der Waals surface area contributed by atoms with Crippen molar-refractivity contribution in [1.82, 2.24) is 5.32 Å². The highest BCUT2D eigenvalue weighted by Gasteiger charge is 2.61. The first kappa shape index (κ1) is 20.4. The van der Waals surface area contributed by atoms with Crippen LogP contribution < -0.4 is 10.1 Å². The lowest BCUT2D eigenvalue weighted by Gasteiger charge is -2.60. The second-order valence-electron chi connectivity index (χ2n) is 7.55. The maximum Gasteiger partial charge on any atom is 0.287 e. The van der Waals surface area contributed by atoms with Gasteiger partial charge < -0.3 is 24.3 Å². The van der Waals surface area contributed by atoms with Crippen molar-refractivity contribution in [2.24, 2.45) is 5.41 Å². The Morgan fingerprint density at radius 2 is 2.07 bits per heavy atom. The zero-order valence-electron chi connectivity index (χ0n) is 16.3. The SMILES string of the molecule is CCO[C@H]1C[C@](CO)(NC(=O)c2ccc(COc3ccccc3F)o2)C1(C)C. The second kappa shape index (κ2) is 7.93. The van der Waals surface area contributed by atoms with E-state index < -0.39 is 22.7 Å². The lowest BCUT2D eigenvalue weighted by Crippen LogP contribution is -2.74. The molecule has 0 bridgehead atoms. The Morgan fingerprint density at radius 3 is 2.71 bits per heavy atom. The number of carbonyl (C=O) groups excluding carboxylic acids is 1. The van der Waals surface area contributed by atoms with Gasteiger partial charge in [0.2, 0.25) is 0 Å². The predicted molar refractivity (Wildman–Crippen MR) is 101 cm³/mol. The van der Waals surface area contributed by atoms with Crippen LogP contribution in [0.5, 0.6) is 5.75 Å². The Labute approximate surface area is 163 Å². The minimum absolute atomic E-state index is 0.00271. The fraction of sp³-hybridized carbons (Fsp3) is 0.476. The Morgan fingerprint density at radius 1 is 1.32 bits per heavy atom. The fourth-order valence-electron chi connectivity index (χ4n) is 3.57. The van der Waals surface area contributed by atoms with Crippen molar-refractivity contribution < 1.29 is 28.2 Å². The molecule has 28 heavy (non-hydrogen) atoms. The number of para-hydroxylation sites is 1. The molecule has 0 aliphatic heterocycles. The molecule has 1 aliphatic carbocycles. The van der Waals surface area contributed by atoms with E-state index in [1.54, 1.807) is 18.2 Å². The predicted octanol–water partition coefficient (Wildman–Crippen LogP) is 3.29. The number of carbonyl (C=O) groups is 1. The fourth-order valence-corrected chi connectivity index (χ4v) is 3.57. The number of ether oxygens (including phenoxy) is 2. The van der Waals surface area contributed by atoms with Gasteiger partial charge in [-0.1, -0.05) is 26.0 Å². The van der Waals surface area contributed by atoms with Gasteiger partial charge in [0, 0.05) is 18.4 Å². The summed E-state index contributed by atoms with van der Waals surface area (Å²) >= 11 is 0. The highest BCUT2D eigenvalue weighted by atomic mass is 19.1. The molecule has 1 aliphatic rings. The van der Waals surface area contributed by atoms with Gasteiger partial charge in [0.25, 0.3) is 5.91 Å². The maximum atomic E-state index is 13.6. The molecular weight excluding hydrogens is 365 g/mol. The zero-order valence-corrected chi connectivity index (χ0v) is 16.3. The van der Waals surface area contributed by atoms with Crippen LogP contribution in [-0.4, -0.2) is 35.9 Å². The van der Waals surface area contributed by atoms with E-state index in [0.29, 0.717) is 18.8 Å². The summed E-state index contributed by atoms with van der Waals surface area (Å²) in [5.41, 5.74) is -1.20. The number of rotatable bonds is 8. The van der Waals surface area contributed by atoms with Crippen molar-refractivity contribution in [2.75, 3.05) is 13.2 Å². The molecule has 0 spiro atoms. The van der Waals surface area contributed by atoms with Crippen LogP contribution in [0.15, 0.2) is 40.8 Å². The third-order valence-corrected chi connectivity index (χ3v) is 5.65. The molecule has 2 aromatic rings. The quantitative estimate of drug-likeness (QED) is 0.722. The highest BCUT2D eigenvalue weighted by Crippen LogP contribution is 2.51. The molecule has 3 rings (SSSR count). The first-order valence-corrected chi connectivity index (χ1v) is 9.34. The van der Waals surface area contributed by atoms with Gasteiger partial charge in [-0.05, 0) is 31.2 Å². The van der Waals surface area contributed by atoms with Gasteiger partial charge in [-0.3, -0.25) is 4.79 Å². The van der Waals surface area contributed by atoms with Crippen molar-refractivity contribution >= 4 is 5.91 Å². The molecule has 1 saturated carbocycles. The third kappa shape index (κ3) is 3.64. The standard InChI is InChI=1S/C21H26FNO5/c1-4-26-18-11-21(13-24,20(18,2)3)23-19(25)17-10-9-14(28-17)12-27-16-8-6-5-7-15(16)22/h5-10,18,24H,4,11-13H2,1-3H3,(H,23,25)/t18-,21+/m0/s1. The molecular formula is C21H26FNO5. The summed E-state index contributed by atoms with van der Waals surface area (Å²) in [5.74, 6) is -0.272. The Bertz CT molecular complexity index is 834. The number of furan rings is 1. The molecule has 0 unspecified atom stereocenters. The number of benzene rings is 1. The molecule has 6 nitrogen and oxygen atoms in total. The van der Waals surface area contributed by atoms with Gasteiger partial charge in [-0.25, -0.2) is 4.39 Å². The van der Waals surface area contributed by atoms with Crippen LogP contribution in [0.25, 0.3) is 0 Å². The number of aliphatic hydroxyl groups excluding tert-OH is 1. The van der Waals surface area contributed by atoms with Crippen LogP contribution in [0.3, 0.4) is 0 Å². The van der Waals surface area contributed by atoms with Gasteiger partial charge in [-0.15, -0.1) is 0 Å². The molecule has 0 saturated heterocycles. The summed E-state index contributed by atoms with van der Waals surface area (Å²) in [6.07, 6.45) is 0.492. The summed E-state index contributed by atoms with van der Waals surface area (Å²) in [6, 6.07) is 9.21. The van der Waals surface area contributed by atoms with Crippen LogP contribution in [-0.2, 0) is 11.3 Å².